The van der Waals surface area contributed by atoms with E-state index in [0.717, 1.165) is 22.9 Å². The molecule has 106 valence electrons. The second-order valence-electron chi connectivity index (χ2n) is 4.97. The Morgan fingerprint density at radius 1 is 1.20 bits per heavy atom. The van der Waals surface area contributed by atoms with Gasteiger partial charge in [0.2, 0.25) is 0 Å². The molecular formula is C17H20ClNO. The molecule has 0 aliphatic carbocycles. The van der Waals surface area contributed by atoms with Gasteiger partial charge in [-0.25, -0.2) is 0 Å². The number of aryl methyl sites for hydroxylation is 1. The van der Waals surface area contributed by atoms with E-state index in [9.17, 15) is 0 Å². The van der Waals surface area contributed by atoms with E-state index in [0.29, 0.717) is 0 Å². The van der Waals surface area contributed by atoms with Crippen LogP contribution in [-0.4, -0.2) is 7.11 Å². The van der Waals surface area contributed by atoms with Crippen molar-refractivity contribution in [3.63, 3.8) is 0 Å². The van der Waals surface area contributed by atoms with Gasteiger partial charge in [-0.05, 0) is 37.6 Å². The quantitative estimate of drug-likeness (QED) is 0.874. The lowest BCUT2D eigenvalue weighted by molar-refractivity contribution is 0.406. The summed E-state index contributed by atoms with van der Waals surface area (Å²) in [6, 6.07) is 14.5. The summed E-state index contributed by atoms with van der Waals surface area (Å²) < 4.78 is 5.36. The molecule has 1 N–H and O–H groups in total. The molecule has 0 radical (unpaired) electrons. The highest BCUT2D eigenvalue weighted by Gasteiger charge is 2.08. The summed E-state index contributed by atoms with van der Waals surface area (Å²) in [7, 11) is 1.68. The van der Waals surface area contributed by atoms with Gasteiger partial charge >= 0.3 is 0 Å². The summed E-state index contributed by atoms with van der Waals surface area (Å²) in [4.78, 5) is 0. The first-order valence-electron chi connectivity index (χ1n) is 6.72. The third kappa shape index (κ3) is 3.75. The standard InChI is InChI=1S/C17H20ClNO/c1-12-5-4-6-14(9-12)13(2)19-11-15-10-16(18)7-8-17(15)20-3/h4-10,13,19H,11H2,1-3H3/t13-/m1/s1. The Morgan fingerprint density at radius 3 is 2.70 bits per heavy atom. The number of rotatable bonds is 5. The molecule has 0 unspecified atom stereocenters. The summed E-state index contributed by atoms with van der Waals surface area (Å²) in [6.07, 6.45) is 0. The van der Waals surface area contributed by atoms with Crippen LogP contribution in [0.5, 0.6) is 5.75 Å². The van der Waals surface area contributed by atoms with E-state index >= 15 is 0 Å². The normalized spacial score (nSPS) is 12.2. The van der Waals surface area contributed by atoms with Gasteiger partial charge in [-0.3, -0.25) is 0 Å². The Kier molecular flexibility index (Phi) is 5.05. The van der Waals surface area contributed by atoms with Gasteiger partial charge in [0.05, 0.1) is 7.11 Å². The Bertz CT molecular complexity index is 583. The summed E-state index contributed by atoms with van der Waals surface area (Å²) in [5.74, 6) is 0.860. The minimum Gasteiger partial charge on any atom is -0.496 e. The first-order chi connectivity index (χ1) is 9.60. The van der Waals surface area contributed by atoms with Gasteiger partial charge in [0.15, 0.2) is 0 Å². The van der Waals surface area contributed by atoms with E-state index in [2.05, 4.69) is 43.4 Å². The van der Waals surface area contributed by atoms with Crippen LogP contribution in [0.15, 0.2) is 42.5 Å². The maximum Gasteiger partial charge on any atom is 0.123 e. The monoisotopic (exact) mass is 289 g/mol. The lowest BCUT2D eigenvalue weighted by Gasteiger charge is -2.16. The molecule has 1 atom stereocenters. The van der Waals surface area contributed by atoms with E-state index in [1.807, 2.05) is 18.2 Å². The average molecular weight is 290 g/mol. The van der Waals surface area contributed by atoms with Crippen LogP contribution in [0.25, 0.3) is 0 Å². The van der Waals surface area contributed by atoms with Crippen molar-refractivity contribution in [1.82, 2.24) is 5.32 Å². The van der Waals surface area contributed by atoms with E-state index in [-0.39, 0.29) is 6.04 Å². The smallest absolute Gasteiger partial charge is 0.123 e. The highest BCUT2D eigenvalue weighted by Crippen LogP contribution is 2.23. The van der Waals surface area contributed by atoms with Crippen LogP contribution in [0.1, 0.15) is 29.7 Å². The van der Waals surface area contributed by atoms with Crippen molar-refractivity contribution in [3.05, 3.63) is 64.2 Å². The second kappa shape index (κ2) is 6.78. The first-order valence-corrected chi connectivity index (χ1v) is 7.10. The number of ether oxygens (including phenoxy) is 1. The maximum atomic E-state index is 6.04. The zero-order valence-corrected chi connectivity index (χ0v) is 12.9. The highest BCUT2D eigenvalue weighted by molar-refractivity contribution is 6.30. The molecule has 0 saturated heterocycles. The van der Waals surface area contributed by atoms with Crippen LogP contribution in [0.4, 0.5) is 0 Å². The zero-order chi connectivity index (χ0) is 14.5. The van der Waals surface area contributed by atoms with Crippen LogP contribution >= 0.6 is 11.6 Å². The van der Waals surface area contributed by atoms with E-state index in [1.54, 1.807) is 7.11 Å². The van der Waals surface area contributed by atoms with E-state index < -0.39 is 0 Å². The van der Waals surface area contributed by atoms with Crippen LogP contribution < -0.4 is 10.1 Å². The van der Waals surface area contributed by atoms with Gasteiger partial charge in [-0.2, -0.15) is 0 Å². The molecule has 0 aliphatic heterocycles. The zero-order valence-electron chi connectivity index (χ0n) is 12.1. The molecule has 0 aliphatic rings. The molecule has 20 heavy (non-hydrogen) atoms. The molecule has 0 saturated carbocycles. The third-order valence-corrected chi connectivity index (χ3v) is 3.62. The van der Waals surface area contributed by atoms with Gasteiger partial charge < -0.3 is 10.1 Å². The SMILES string of the molecule is COc1ccc(Cl)cc1CN[C@H](C)c1cccc(C)c1. The third-order valence-electron chi connectivity index (χ3n) is 3.38. The lowest BCUT2D eigenvalue weighted by atomic mass is 10.1. The van der Waals surface area contributed by atoms with Crippen LogP contribution in [0.2, 0.25) is 5.02 Å². The summed E-state index contributed by atoms with van der Waals surface area (Å²) in [6.45, 7) is 4.99. The Hall–Kier alpha value is -1.51. The van der Waals surface area contributed by atoms with Crippen molar-refractivity contribution in [2.45, 2.75) is 26.4 Å². The van der Waals surface area contributed by atoms with Crippen molar-refractivity contribution < 1.29 is 4.74 Å². The van der Waals surface area contributed by atoms with Gasteiger partial charge in [0.25, 0.3) is 0 Å². The minimum absolute atomic E-state index is 0.276. The fraction of sp³-hybridized carbons (Fsp3) is 0.294. The molecule has 0 heterocycles. The topological polar surface area (TPSA) is 21.3 Å². The van der Waals surface area contributed by atoms with Gasteiger partial charge in [-0.1, -0.05) is 41.4 Å². The van der Waals surface area contributed by atoms with Crippen molar-refractivity contribution in [3.8, 4) is 5.75 Å². The summed E-state index contributed by atoms with van der Waals surface area (Å²) >= 11 is 6.04. The fourth-order valence-corrected chi connectivity index (χ4v) is 2.40. The number of benzene rings is 2. The maximum absolute atomic E-state index is 6.04. The van der Waals surface area contributed by atoms with Crippen molar-refractivity contribution in [1.29, 1.82) is 0 Å². The molecule has 0 bridgehead atoms. The Balaban J connectivity index is 2.06. The molecule has 2 aromatic rings. The molecule has 2 aromatic carbocycles. The summed E-state index contributed by atoms with van der Waals surface area (Å²) in [5, 5.41) is 4.23. The molecule has 0 spiro atoms. The van der Waals surface area contributed by atoms with E-state index in [4.69, 9.17) is 16.3 Å². The minimum atomic E-state index is 0.276. The Morgan fingerprint density at radius 2 is 2.00 bits per heavy atom. The molecule has 2 nitrogen and oxygen atoms in total. The van der Waals surface area contributed by atoms with Gasteiger partial charge in [0.1, 0.15) is 5.75 Å². The molecule has 0 aromatic heterocycles. The molecular weight excluding hydrogens is 270 g/mol. The highest BCUT2D eigenvalue weighted by atomic mass is 35.5. The van der Waals surface area contributed by atoms with Gasteiger partial charge in [0, 0.05) is 23.2 Å². The molecule has 2 rings (SSSR count). The number of hydrogen-bond acceptors (Lipinski definition) is 2. The lowest BCUT2D eigenvalue weighted by Crippen LogP contribution is -2.18. The largest absolute Gasteiger partial charge is 0.496 e. The van der Waals surface area contributed by atoms with Crippen molar-refractivity contribution in [2.24, 2.45) is 0 Å². The molecule has 3 heteroatoms. The van der Waals surface area contributed by atoms with Crippen LogP contribution in [0, 0.1) is 6.92 Å². The number of hydrogen-bond donors (Lipinski definition) is 1. The molecule has 0 fully saturated rings. The Labute approximate surface area is 125 Å². The number of methoxy groups -OCH3 is 1. The number of nitrogens with one attached hydrogen (secondary N) is 1. The summed E-state index contributed by atoms with van der Waals surface area (Å²) in [5.41, 5.74) is 3.63. The van der Waals surface area contributed by atoms with Crippen molar-refractivity contribution >= 4 is 11.6 Å². The average Bonchev–Trinajstić information content (AvgIpc) is 2.45. The first kappa shape index (κ1) is 14.9. The fourth-order valence-electron chi connectivity index (χ4n) is 2.21. The van der Waals surface area contributed by atoms with Gasteiger partial charge in [-0.15, -0.1) is 0 Å². The predicted molar refractivity (Wildman–Crippen MR) is 84.4 cm³/mol. The second-order valence-corrected chi connectivity index (χ2v) is 5.41. The van der Waals surface area contributed by atoms with E-state index in [1.165, 1.54) is 11.1 Å². The van der Waals surface area contributed by atoms with Crippen LogP contribution in [-0.2, 0) is 6.54 Å². The number of halogens is 1. The van der Waals surface area contributed by atoms with Crippen molar-refractivity contribution in [2.75, 3.05) is 7.11 Å². The van der Waals surface area contributed by atoms with Crippen LogP contribution in [0.3, 0.4) is 0 Å². The molecule has 0 amide bonds. The predicted octanol–water partition coefficient (Wildman–Crippen LogP) is 4.51.